The van der Waals surface area contributed by atoms with Crippen LogP contribution in [0.5, 0.6) is 5.75 Å². The molecule has 0 aliphatic heterocycles. The number of ether oxygens (including phenoxy) is 1. The van der Waals surface area contributed by atoms with Crippen molar-refractivity contribution < 1.29 is 14.3 Å². The number of anilines is 1. The molecule has 0 aliphatic carbocycles. The van der Waals surface area contributed by atoms with E-state index in [4.69, 9.17) is 4.74 Å². The molecule has 5 heteroatoms. The van der Waals surface area contributed by atoms with Crippen LogP contribution in [0.3, 0.4) is 0 Å². The highest BCUT2D eigenvalue weighted by molar-refractivity contribution is 6.04. The van der Waals surface area contributed by atoms with Crippen molar-refractivity contribution in [3.8, 4) is 5.75 Å². The summed E-state index contributed by atoms with van der Waals surface area (Å²) in [7, 11) is 0. The van der Waals surface area contributed by atoms with Crippen LogP contribution in [0, 0.1) is 12.8 Å². The summed E-state index contributed by atoms with van der Waals surface area (Å²) in [6, 6.07) is 14.6. The Balaban J connectivity index is 2.12. The van der Waals surface area contributed by atoms with Crippen molar-refractivity contribution in [2.24, 2.45) is 5.92 Å². The van der Waals surface area contributed by atoms with E-state index in [0.717, 1.165) is 5.56 Å². The van der Waals surface area contributed by atoms with Crippen molar-refractivity contribution in [2.45, 2.75) is 40.2 Å². The number of carbonyl (C=O) groups is 2. The molecular weight excluding hydrogens is 340 g/mol. The molecule has 0 spiro atoms. The van der Waals surface area contributed by atoms with E-state index in [1.807, 2.05) is 52.0 Å². The smallest absolute Gasteiger partial charge is 0.265 e. The second-order valence-electron chi connectivity index (χ2n) is 6.92. The van der Waals surface area contributed by atoms with Crippen LogP contribution < -0.4 is 15.4 Å². The highest BCUT2D eigenvalue weighted by atomic mass is 16.5. The first-order valence-corrected chi connectivity index (χ1v) is 9.32. The fraction of sp³-hybridized carbons (Fsp3) is 0.364. The summed E-state index contributed by atoms with van der Waals surface area (Å²) in [5.74, 6) is 0.558. The standard InChI is InChI=1S/C22H28N2O3/c1-5-19(27-20-13-9-6-10-16(20)4)22(26)24-18-12-8-7-11-17(18)21(25)23-14-15(2)3/h6-13,15,19H,5,14H2,1-4H3,(H,23,25)(H,24,26)/t19-/m0/s1. The van der Waals surface area contributed by atoms with Crippen molar-refractivity contribution in [1.82, 2.24) is 5.32 Å². The molecule has 2 rings (SSSR count). The lowest BCUT2D eigenvalue weighted by atomic mass is 10.1. The molecule has 2 amide bonds. The van der Waals surface area contributed by atoms with Gasteiger partial charge in [0.2, 0.25) is 0 Å². The number of hydrogen-bond acceptors (Lipinski definition) is 3. The third-order valence-corrected chi connectivity index (χ3v) is 4.13. The molecule has 0 heterocycles. The summed E-state index contributed by atoms with van der Waals surface area (Å²) in [6.45, 7) is 8.47. The predicted molar refractivity (Wildman–Crippen MR) is 108 cm³/mol. The van der Waals surface area contributed by atoms with E-state index in [1.54, 1.807) is 24.3 Å². The average molecular weight is 368 g/mol. The normalized spacial score (nSPS) is 11.7. The maximum Gasteiger partial charge on any atom is 0.265 e. The van der Waals surface area contributed by atoms with Gasteiger partial charge in [0.25, 0.3) is 11.8 Å². The summed E-state index contributed by atoms with van der Waals surface area (Å²) in [4.78, 5) is 25.2. The predicted octanol–water partition coefficient (Wildman–Crippen LogP) is 4.18. The number of aryl methyl sites for hydroxylation is 1. The Bertz CT molecular complexity index is 787. The minimum Gasteiger partial charge on any atom is -0.480 e. The largest absolute Gasteiger partial charge is 0.480 e. The molecule has 0 saturated heterocycles. The second kappa shape index (κ2) is 9.76. The molecule has 0 aliphatic rings. The van der Waals surface area contributed by atoms with E-state index in [1.165, 1.54) is 0 Å². The summed E-state index contributed by atoms with van der Waals surface area (Å²) in [5, 5.41) is 5.73. The van der Waals surface area contributed by atoms with Crippen LogP contribution in [0.25, 0.3) is 0 Å². The fourth-order valence-corrected chi connectivity index (χ4v) is 2.56. The van der Waals surface area contributed by atoms with Crippen LogP contribution in [0.1, 0.15) is 43.1 Å². The molecule has 5 nitrogen and oxygen atoms in total. The first kappa shape index (κ1) is 20.5. The molecule has 2 N–H and O–H groups in total. The van der Waals surface area contributed by atoms with E-state index in [2.05, 4.69) is 10.6 Å². The van der Waals surface area contributed by atoms with E-state index < -0.39 is 6.10 Å². The number of nitrogens with one attached hydrogen (secondary N) is 2. The number of amides is 2. The van der Waals surface area contributed by atoms with Crippen LogP contribution >= 0.6 is 0 Å². The summed E-state index contributed by atoms with van der Waals surface area (Å²) < 4.78 is 5.90. The fourth-order valence-electron chi connectivity index (χ4n) is 2.56. The van der Waals surface area contributed by atoms with Gasteiger partial charge in [-0.3, -0.25) is 9.59 Å². The molecule has 0 unspecified atom stereocenters. The minimum absolute atomic E-state index is 0.201. The molecule has 0 fully saturated rings. The number of hydrogen-bond donors (Lipinski definition) is 2. The molecule has 2 aromatic carbocycles. The van der Waals surface area contributed by atoms with Crippen LogP contribution in [0.15, 0.2) is 48.5 Å². The molecule has 0 saturated carbocycles. The molecule has 0 aromatic heterocycles. The highest BCUT2D eigenvalue weighted by Gasteiger charge is 2.21. The maximum absolute atomic E-state index is 12.7. The Morgan fingerprint density at radius 2 is 1.70 bits per heavy atom. The Morgan fingerprint density at radius 3 is 2.37 bits per heavy atom. The quantitative estimate of drug-likeness (QED) is 0.735. The van der Waals surface area contributed by atoms with Gasteiger partial charge in [-0.05, 0) is 43.0 Å². The lowest BCUT2D eigenvalue weighted by molar-refractivity contribution is -0.122. The third-order valence-electron chi connectivity index (χ3n) is 4.13. The van der Waals surface area contributed by atoms with Gasteiger partial charge in [-0.1, -0.05) is 51.1 Å². The Hall–Kier alpha value is -2.82. The third kappa shape index (κ3) is 5.84. The lowest BCUT2D eigenvalue weighted by Gasteiger charge is -2.19. The van der Waals surface area contributed by atoms with Gasteiger partial charge in [-0.25, -0.2) is 0 Å². The summed E-state index contributed by atoms with van der Waals surface area (Å²) >= 11 is 0. The number of para-hydroxylation sites is 2. The van der Waals surface area contributed by atoms with Crippen LogP contribution in [-0.2, 0) is 4.79 Å². The minimum atomic E-state index is -0.641. The topological polar surface area (TPSA) is 67.4 Å². The molecule has 2 aromatic rings. The van der Waals surface area contributed by atoms with Crippen molar-refractivity contribution in [1.29, 1.82) is 0 Å². The van der Waals surface area contributed by atoms with E-state index in [9.17, 15) is 9.59 Å². The monoisotopic (exact) mass is 368 g/mol. The van der Waals surface area contributed by atoms with Gasteiger partial charge in [0.1, 0.15) is 5.75 Å². The zero-order valence-corrected chi connectivity index (χ0v) is 16.4. The van der Waals surface area contributed by atoms with Crippen LogP contribution in [0.2, 0.25) is 0 Å². The van der Waals surface area contributed by atoms with Crippen LogP contribution in [-0.4, -0.2) is 24.5 Å². The highest BCUT2D eigenvalue weighted by Crippen LogP contribution is 2.21. The average Bonchev–Trinajstić information content (AvgIpc) is 2.65. The van der Waals surface area contributed by atoms with Crippen LogP contribution in [0.4, 0.5) is 5.69 Å². The molecule has 144 valence electrons. The van der Waals surface area contributed by atoms with Crippen molar-refractivity contribution in [3.05, 3.63) is 59.7 Å². The van der Waals surface area contributed by atoms with Gasteiger partial charge < -0.3 is 15.4 Å². The molecule has 27 heavy (non-hydrogen) atoms. The Labute approximate surface area is 161 Å². The first-order valence-electron chi connectivity index (χ1n) is 9.32. The SMILES string of the molecule is CC[C@H](Oc1ccccc1C)C(=O)Nc1ccccc1C(=O)NCC(C)C. The maximum atomic E-state index is 12.7. The zero-order valence-electron chi connectivity index (χ0n) is 16.4. The van der Waals surface area contributed by atoms with Gasteiger partial charge in [0.15, 0.2) is 6.10 Å². The lowest BCUT2D eigenvalue weighted by Crippen LogP contribution is -2.34. The van der Waals surface area contributed by atoms with Gasteiger partial charge in [-0.2, -0.15) is 0 Å². The van der Waals surface area contributed by atoms with Gasteiger partial charge in [-0.15, -0.1) is 0 Å². The summed E-state index contributed by atoms with van der Waals surface area (Å²) in [5.41, 5.74) is 1.89. The molecule has 0 radical (unpaired) electrons. The molecule has 0 bridgehead atoms. The van der Waals surface area contributed by atoms with Crippen molar-refractivity contribution >= 4 is 17.5 Å². The van der Waals surface area contributed by atoms with Crippen molar-refractivity contribution in [2.75, 3.05) is 11.9 Å². The van der Waals surface area contributed by atoms with Gasteiger partial charge in [0.05, 0.1) is 11.3 Å². The zero-order chi connectivity index (χ0) is 19.8. The second-order valence-corrected chi connectivity index (χ2v) is 6.92. The summed E-state index contributed by atoms with van der Waals surface area (Å²) in [6.07, 6.45) is -0.125. The van der Waals surface area contributed by atoms with Gasteiger partial charge in [0, 0.05) is 6.54 Å². The van der Waals surface area contributed by atoms with Gasteiger partial charge >= 0.3 is 0 Å². The molecular formula is C22H28N2O3. The number of carbonyl (C=O) groups excluding carboxylic acids is 2. The Kier molecular flexibility index (Phi) is 7.41. The first-order chi connectivity index (χ1) is 12.9. The number of rotatable bonds is 8. The molecule has 1 atom stereocenters. The van der Waals surface area contributed by atoms with E-state index in [0.29, 0.717) is 35.9 Å². The van der Waals surface area contributed by atoms with E-state index >= 15 is 0 Å². The van der Waals surface area contributed by atoms with E-state index in [-0.39, 0.29) is 11.8 Å². The number of benzene rings is 2. The van der Waals surface area contributed by atoms with Crippen molar-refractivity contribution in [3.63, 3.8) is 0 Å². The Morgan fingerprint density at radius 1 is 1.04 bits per heavy atom.